The second kappa shape index (κ2) is 3.92. The van der Waals surface area contributed by atoms with Crippen molar-refractivity contribution in [1.29, 1.82) is 0 Å². The predicted molar refractivity (Wildman–Crippen MR) is 58.4 cm³/mol. The molecule has 1 saturated carbocycles. The Balaban J connectivity index is 2.30. The maximum Gasteiger partial charge on any atom is 0.106 e. The number of rotatable bonds is 1. The summed E-state index contributed by atoms with van der Waals surface area (Å²) in [6, 6.07) is 9.78. The highest BCUT2D eigenvalue weighted by Crippen LogP contribution is 2.40. The summed E-state index contributed by atoms with van der Waals surface area (Å²) < 4.78 is 0. The first-order chi connectivity index (χ1) is 6.73. The van der Waals surface area contributed by atoms with Gasteiger partial charge in [-0.05, 0) is 18.4 Å². The van der Waals surface area contributed by atoms with E-state index in [1.54, 1.807) is 0 Å². The molecule has 0 amide bonds. The van der Waals surface area contributed by atoms with Gasteiger partial charge in [0.1, 0.15) is 5.60 Å². The van der Waals surface area contributed by atoms with E-state index >= 15 is 0 Å². The normalized spacial score (nSPS) is 32.9. The standard InChI is InChI=1S/C12H15ClO/c13-11-8-4-5-9-12(11,14)10-6-2-1-3-7-10/h1-3,6-7,11,14H,4-5,8-9H2. The van der Waals surface area contributed by atoms with Gasteiger partial charge in [0.25, 0.3) is 0 Å². The zero-order valence-corrected chi connectivity index (χ0v) is 8.87. The number of aliphatic hydroxyl groups is 1. The molecule has 0 aliphatic heterocycles. The van der Waals surface area contributed by atoms with Crippen molar-refractivity contribution in [3.05, 3.63) is 35.9 Å². The second-order valence-electron chi connectivity index (χ2n) is 4.00. The van der Waals surface area contributed by atoms with Gasteiger partial charge in [0.2, 0.25) is 0 Å². The summed E-state index contributed by atoms with van der Waals surface area (Å²) in [5.74, 6) is 0. The van der Waals surface area contributed by atoms with Crippen LogP contribution >= 0.6 is 11.6 Å². The average Bonchev–Trinajstić information content (AvgIpc) is 2.24. The molecule has 14 heavy (non-hydrogen) atoms. The lowest BCUT2D eigenvalue weighted by atomic mass is 9.79. The highest BCUT2D eigenvalue weighted by molar-refractivity contribution is 6.21. The van der Waals surface area contributed by atoms with Crippen molar-refractivity contribution in [1.82, 2.24) is 0 Å². The number of hydrogen-bond acceptors (Lipinski definition) is 1. The molecule has 0 heterocycles. The zero-order valence-electron chi connectivity index (χ0n) is 8.12. The predicted octanol–water partition coefficient (Wildman–Crippen LogP) is 3.06. The first-order valence-electron chi connectivity index (χ1n) is 5.15. The maximum absolute atomic E-state index is 10.5. The smallest absolute Gasteiger partial charge is 0.106 e. The Kier molecular flexibility index (Phi) is 2.80. The zero-order chi connectivity index (χ0) is 10.0. The lowest BCUT2D eigenvalue weighted by Crippen LogP contribution is -2.38. The molecule has 0 bridgehead atoms. The van der Waals surface area contributed by atoms with Crippen LogP contribution in [0.5, 0.6) is 0 Å². The van der Waals surface area contributed by atoms with Gasteiger partial charge in [-0.1, -0.05) is 43.2 Å². The van der Waals surface area contributed by atoms with Crippen molar-refractivity contribution in [2.75, 3.05) is 0 Å². The summed E-state index contributed by atoms with van der Waals surface area (Å²) in [6.45, 7) is 0. The molecule has 76 valence electrons. The fraction of sp³-hybridized carbons (Fsp3) is 0.500. The molecule has 0 radical (unpaired) electrons. The van der Waals surface area contributed by atoms with E-state index in [-0.39, 0.29) is 5.38 Å². The Morgan fingerprint density at radius 3 is 2.57 bits per heavy atom. The Bertz CT molecular complexity index is 298. The summed E-state index contributed by atoms with van der Waals surface area (Å²) in [4.78, 5) is 0. The Morgan fingerprint density at radius 2 is 1.93 bits per heavy atom. The van der Waals surface area contributed by atoms with Crippen LogP contribution in [-0.2, 0) is 5.60 Å². The van der Waals surface area contributed by atoms with Crippen LogP contribution in [0.4, 0.5) is 0 Å². The van der Waals surface area contributed by atoms with Crippen molar-refractivity contribution >= 4 is 11.6 Å². The van der Waals surface area contributed by atoms with Crippen molar-refractivity contribution in [2.45, 2.75) is 36.7 Å². The SMILES string of the molecule is OC1(c2ccccc2)CCCCC1Cl. The summed E-state index contributed by atoms with van der Waals surface area (Å²) in [7, 11) is 0. The van der Waals surface area contributed by atoms with Gasteiger partial charge in [-0.25, -0.2) is 0 Å². The maximum atomic E-state index is 10.5. The molecule has 0 aromatic heterocycles. The van der Waals surface area contributed by atoms with E-state index < -0.39 is 5.60 Å². The van der Waals surface area contributed by atoms with E-state index in [9.17, 15) is 5.11 Å². The average molecular weight is 211 g/mol. The molecule has 1 aliphatic rings. The molecule has 1 aromatic carbocycles. The van der Waals surface area contributed by atoms with Crippen LogP contribution in [0.1, 0.15) is 31.2 Å². The van der Waals surface area contributed by atoms with E-state index in [1.165, 1.54) is 0 Å². The minimum Gasteiger partial charge on any atom is -0.384 e. The number of hydrogen-bond donors (Lipinski definition) is 1. The van der Waals surface area contributed by atoms with E-state index in [0.29, 0.717) is 0 Å². The van der Waals surface area contributed by atoms with Crippen LogP contribution in [0, 0.1) is 0 Å². The highest BCUT2D eigenvalue weighted by atomic mass is 35.5. The molecule has 1 nitrogen and oxygen atoms in total. The summed E-state index contributed by atoms with van der Waals surface area (Å²) >= 11 is 6.21. The minimum atomic E-state index is -0.804. The van der Waals surface area contributed by atoms with E-state index in [4.69, 9.17) is 11.6 Å². The summed E-state index contributed by atoms with van der Waals surface area (Å²) in [6.07, 6.45) is 3.88. The quantitative estimate of drug-likeness (QED) is 0.707. The van der Waals surface area contributed by atoms with Gasteiger partial charge in [-0.2, -0.15) is 0 Å². The van der Waals surface area contributed by atoms with Crippen molar-refractivity contribution in [3.63, 3.8) is 0 Å². The third-order valence-corrected chi connectivity index (χ3v) is 3.64. The molecule has 1 aliphatic carbocycles. The molecule has 1 fully saturated rings. The van der Waals surface area contributed by atoms with Gasteiger partial charge in [0.15, 0.2) is 0 Å². The van der Waals surface area contributed by atoms with Gasteiger partial charge in [0.05, 0.1) is 5.38 Å². The molecule has 1 N–H and O–H groups in total. The second-order valence-corrected chi connectivity index (χ2v) is 4.53. The number of alkyl halides is 1. The third-order valence-electron chi connectivity index (χ3n) is 3.06. The summed E-state index contributed by atoms with van der Waals surface area (Å²) in [5, 5.41) is 10.3. The monoisotopic (exact) mass is 210 g/mol. The lowest BCUT2D eigenvalue weighted by Gasteiger charge is -2.37. The van der Waals surface area contributed by atoms with E-state index in [2.05, 4.69) is 0 Å². The van der Waals surface area contributed by atoms with Crippen LogP contribution < -0.4 is 0 Å². The van der Waals surface area contributed by atoms with Crippen LogP contribution in [0.25, 0.3) is 0 Å². The van der Waals surface area contributed by atoms with Crippen LogP contribution in [0.15, 0.2) is 30.3 Å². The first kappa shape index (κ1) is 10.0. The molecule has 1 aromatic rings. The fourth-order valence-corrected chi connectivity index (χ4v) is 2.55. The van der Waals surface area contributed by atoms with Crippen molar-refractivity contribution < 1.29 is 5.11 Å². The summed E-state index contributed by atoms with van der Waals surface area (Å²) in [5.41, 5.74) is 0.154. The molecule has 2 heteroatoms. The van der Waals surface area contributed by atoms with Gasteiger partial charge in [-0.3, -0.25) is 0 Å². The lowest BCUT2D eigenvalue weighted by molar-refractivity contribution is 0.00381. The number of halogens is 1. The van der Waals surface area contributed by atoms with Crippen LogP contribution in [-0.4, -0.2) is 10.5 Å². The Morgan fingerprint density at radius 1 is 1.21 bits per heavy atom. The molecule has 2 rings (SSSR count). The highest BCUT2D eigenvalue weighted by Gasteiger charge is 2.38. The van der Waals surface area contributed by atoms with Crippen LogP contribution in [0.3, 0.4) is 0 Å². The topological polar surface area (TPSA) is 20.2 Å². The minimum absolute atomic E-state index is 0.140. The van der Waals surface area contributed by atoms with E-state index in [1.807, 2.05) is 30.3 Å². The molecule has 2 atom stereocenters. The molecular weight excluding hydrogens is 196 g/mol. The number of benzene rings is 1. The molecule has 0 saturated heterocycles. The van der Waals surface area contributed by atoms with Gasteiger partial charge in [0, 0.05) is 0 Å². The molecule has 0 spiro atoms. The fourth-order valence-electron chi connectivity index (χ4n) is 2.17. The third kappa shape index (κ3) is 1.67. The van der Waals surface area contributed by atoms with Gasteiger partial charge in [-0.15, -0.1) is 11.6 Å². The van der Waals surface area contributed by atoms with Crippen molar-refractivity contribution in [2.24, 2.45) is 0 Å². The Hall–Kier alpha value is -0.530. The van der Waals surface area contributed by atoms with Crippen molar-refractivity contribution in [3.8, 4) is 0 Å². The first-order valence-corrected chi connectivity index (χ1v) is 5.59. The van der Waals surface area contributed by atoms with Crippen LogP contribution in [0.2, 0.25) is 0 Å². The Labute approximate surface area is 89.7 Å². The van der Waals surface area contributed by atoms with Gasteiger partial charge >= 0.3 is 0 Å². The van der Waals surface area contributed by atoms with Gasteiger partial charge < -0.3 is 5.11 Å². The largest absolute Gasteiger partial charge is 0.384 e. The van der Waals surface area contributed by atoms with E-state index in [0.717, 1.165) is 31.2 Å². The molecular formula is C12H15ClO. The molecule has 2 unspecified atom stereocenters.